The standard InChI is InChI=1S/BH2O3.Na.H2O4S/c2-1(3)4;;1-5(2,3)4/h2-3H;;(H2,1,2,3,4)/q-1;+1;. The second kappa shape index (κ2) is 7.92. The Morgan fingerprint density at radius 2 is 1.20 bits per heavy atom. The fourth-order valence-electron chi connectivity index (χ4n) is 0. The maximum Gasteiger partial charge on any atom is 1.00 e. The Labute approximate surface area is 79.7 Å². The summed E-state index contributed by atoms with van der Waals surface area (Å²) in [5, 5.41) is 22.8. The first-order chi connectivity index (χ1) is 3.73. The van der Waals surface area contributed by atoms with E-state index in [1.165, 1.54) is 0 Å². The Bertz CT molecular complexity index is 125. The van der Waals surface area contributed by atoms with Gasteiger partial charge in [-0.3, -0.25) is 9.11 Å². The van der Waals surface area contributed by atoms with Gasteiger partial charge < -0.3 is 15.1 Å². The molecular formula is H4BNaO7S. The van der Waals surface area contributed by atoms with E-state index in [-0.39, 0.29) is 29.6 Å². The quantitative estimate of drug-likeness (QED) is 0.216. The van der Waals surface area contributed by atoms with Crippen molar-refractivity contribution in [3.8, 4) is 0 Å². The minimum Gasteiger partial charge on any atom is -0.832 e. The van der Waals surface area contributed by atoms with E-state index in [4.69, 9.17) is 32.6 Å². The van der Waals surface area contributed by atoms with Gasteiger partial charge in [0.25, 0.3) is 0 Å². The van der Waals surface area contributed by atoms with Crippen LogP contribution in [0, 0.1) is 0 Å². The van der Waals surface area contributed by atoms with Gasteiger partial charge >= 0.3 is 47.3 Å². The molecule has 0 aliphatic heterocycles. The fraction of sp³-hybridized carbons (Fsp3) is 0. The van der Waals surface area contributed by atoms with E-state index in [0.29, 0.717) is 0 Å². The second-order valence-corrected chi connectivity index (χ2v) is 1.67. The molecule has 0 radical (unpaired) electrons. The molecule has 0 aromatic rings. The summed E-state index contributed by atoms with van der Waals surface area (Å²) in [4.78, 5) is 0. The summed E-state index contributed by atoms with van der Waals surface area (Å²) in [6, 6.07) is 0. The van der Waals surface area contributed by atoms with E-state index in [2.05, 4.69) is 0 Å². The van der Waals surface area contributed by atoms with Crippen LogP contribution in [0.15, 0.2) is 0 Å². The third-order valence-corrected chi connectivity index (χ3v) is 0. The average molecular weight is 182 g/mol. The van der Waals surface area contributed by atoms with Crippen LogP contribution >= 0.6 is 0 Å². The van der Waals surface area contributed by atoms with Crippen molar-refractivity contribution >= 4 is 17.7 Å². The summed E-state index contributed by atoms with van der Waals surface area (Å²) in [7, 11) is -7.08. The van der Waals surface area contributed by atoms with Crippen molar-refractivity contribution in [2.45, 2.75) is 0 Å². The van der Waals surface area contributed by atoms with Crippen molar-refractivity contribution in [3.05, 3.63) is 0 Å². The van der Waals surface area contributed by atoms with Crippen LogP contribution in [-0.4, -0.2) is 34.9 Å². The molecule has 0 aromatic heterocycles. The van der Waals surface area contributed by atoms with Gasteiger partial charge in [-0.1, -0.05) is 0 Å². The van der Waals surface area contributed by atoms with Gasteiger partial charge in [0, 0.05) is 0 Å². The van der Waals surface area contributed by atoms with E-state index in [9.17, 15) is 0 Å². The topological polar surface area (TPSA) is 138 Å². The first-order valence-corrected chi connectivity index (χ1v) is 2.85. The van der Waals surface area contributed by atoms with Crippen LogP contribution < -0.4 is 34.6 Å². The summed E-state index contributed by atoms with van der Waals surface area (Å²) < 4.78 is 31.6. The molecule has 0 unspecified atom stereocenters. The van der Waals surface area contributed by atoms with Crippen LogP contribution in [0.25, 0.3) is 0 Å². The summed E-state index contributed by atoms with van der Waals surface area (Å²) in [6.07, 6.45) is 0. The van der Waals surface area contributed by atoms with E-state index < -0.39 is 17.7 Å². The molecule has 0 bridgehead atoms. The minimum absolute atomic E-state index is 0. The number of hydrogen-bond acceptors (Lipinski definition) is 5. The Balaban J connectivity index is -0.0000000910. The van der Waals surface area contributed by atoms with Crippen LogP contribution in [0.4, 0.5) is 0 Å². The zero-order valence-electron chi connectivity index (χ0n) is 5.00. The smallest absolute Gasteiger partial charge is 0.832 e. The van der Waals surface area contributed by atoms with Crippen LogP contribution in [0.2, 0.25) is 0 Å². The van der Waals surface area contributed by atoms with Crippen molar-refractivity contribution in [1.82, 2.24) is 0 Å². The molecule has 0 aliphatic rings. The van der Waals surface area contributed by atoms with E-state index in [0.717, 1.165) is 0 Å². The van der Waals surface area contributed by atoms with Crippen molar-refractivity contribution in [1.29, 1.82) is 0 Å². The molecule has 0 heterocycles. The van der Waals surface area contributed by atoms with Gasteiger partial charge in [0.2, 0.25) is 0 Å². The van der Waals surface area contributed by atoms with Gasteiger partial charge in [0.1, 0.15) is 0 Å². The van der Waals surface area contributed by atoms with Gasteiger partial charge in [-0.2, -0.15) is 8.42 Å². The molecule has 0 atom stereocenters. The molecule has 0 saturated carbocycles. The van der Waals surface area contributed by atoms with Crippen molar-refractivity contribution in [2.24, 2.45) is 0 Å². The first kappa shape index (κ1) is 17.1. The second-order valence-electron chi connectivity index (χ2n) is 0.774. The van der Waals surface area contributed by atoms with Crippen molar-refractivity contribution < 1.29 is 62.2 Å². The Kier molecular flexibility index (Phi) is 13.5. The molecule has 0 rings (SSSR count). The van der Waals surface area contributed by atoms with E-state index in [1.54, 1.807) is 0 Å². The van der Waals surface area contributed by atoms with Crippen molar-refractivity contribution in [3.63, 3.8) is 0 Å². The molecule has 56 valence electrons. The van der Waals surface area contributed by atoms with E-state index in [1.807, 2.05) is 0 Å². The zero-order valence-corrected chi connectivity index (χ0v) is 7.82. The third-order valence-electron chi connectivity index (χ3n) is 0. The predicted octanol–water partition coefficient (Wildman–Crippen LogP) is -6.33. The SMILES string of the molecule is O=S(=O)(O)O.[Na+].[O-]B(O)O. The number of hydrogen-bond donors (Lipinski definition) is 4. The third kappa shape index (κ3) is 811. The summed E-state index contributed by atoms with van der Waals surface area (Å²) in [5.41, 5.74) is 0. The average Bonchev–Trinajstić information content (AvgIpc) is 1.19. The molecule has 4 N–H and O–H groups in total. The molecule has 7 nitrogen and oxygen atoms in total. The Hall–Kier alpha value is 0.815. The zero-order chi connectivity index (χ0) is 8.08. The largest absolute Gasteiger partial charge is 1.00 e. The van der Waals surface area contributed by atoms with Crippen LogP contribution in [0.5, 0.6) is 0 Å². The van der Waals surface area contributed by atoms with Gasteiger partial charge in [0.05, 0.1) is 0 Å². The maximum absolute atomic E-state index is 8.74. The van der Waals surface area contributed by atoms with Gasteiger partial charge in [-0.15, -0.1) is 0 Å². The molecular weight excluding hydrogens is 178 g/mol. The Morgan fingerprint density at radius 3 is 1.20 bits per heavy atom. The molecule has 10 heavy (non-hydrogen) atoms. The van der Waals surface area contributed by atoms with Crippen LogP contribution in [-0.2, 0) is 10.4 Å². The van der Waals surface area contributed by atoms with Crippen LogP contribution in [0.3, 0.4) is 0 Å². The maximum atomic E-state index is 8.74. The van der Waals surface area contributed by atoms with Crippen molar-refractivity contribution in [2.75, 3.05) is 0 Å². The fourth-order valence-corrected chi connectivity index (χ4v) is 0. The molecule has 10 heteroatoms. The van der Waals surface area contributed by atoms with Gasteiger partial charge in [-0.25, -0.2) is 0 Å². The van der Waals surface area contributed by atoms with Gasteiger partial charge in [0.15, 0.2) is 0 Å². The molecule has 0 saturated heterocycles. The summed E-state index contributed by atoms with van der Waals surface area (Å²) in [6.45, 7) is 0. The summed E-state index contributed by atoms with van der Waals surface area (Å²) >= 11 is 0. The van der Waals surface area contributed by atoms with E-state index >= 15 is 0 Å². The molecule has 0 aromatic carbocycles. The predicted molar refractivity (Wildman–Crippen MR) is 24.4 cm³/mol. The molecule has 0 aliphatic carbocycles. The minimum atomic E-state index is -4.67. The normalized spacial score (nSPS) is 8.50. The van der Waals surface area contributed by atoms with Crippen LogP contribution in [0.1, 0.15) is 0 Å². The molecule has 0 amide bonds. The molecule has 0 fully saturated rings. The summed E-state index contributed by atoms with van der Waals surface area (Å²) in [5.74, 6) is 0. The Morgan fingerprint density at radius 1 is 1.20 bits per heavy atom. The van der Waals surface area contributed by atoms with Gasteiger partial charge in [-0.05, 0) is 0 Å². The first-order valence-electron chi connectivity index (χ1n) is 1.45. The molecule has 0 spiro atoms. The number of rotatable bonds is 0. The monoisotopic (exact) mass is 182 g/mol.